The SMILES string of the molecule is OC(c1ccc(Br)cc1)(c1nc(-c2ccccc2)nc(-c2ccccc2)n1)c1ccccc1P(c1ccccc1)c1ccccc1. The molecule has 0 aliphatic heterocycles. The molecule has 0 bridgehead atoms. The Bertz CT molecular complexity index is 1970. The van der Waals surface area contributed by atoms with E-state index in [1.165, 1.54) is 10.6 Å². The van der Waals surface area contributed by atoms with Crippen LogP contribution in [0.3, 0.4) is 0 Å². The molecule has 1 N–H and O–H groups in total. The van der Waals surface area contributed by atoms with E-state index in [1.54, 1.807) is 0 Å². The second-order valence-corrected chi connectivity index (χ2v) is 13.9. The number of aromatic nitrogens is 3. The van der Waals surface area contributed by atoms with E-state index in [2.05, 4.69) is 70.5 Å². The summed E-state index contributed by atoms with van der Waals surface area (Å²) in [6.45, 7) is 0. The van der Waals surface area contributed by atoms with Crippen molar-refractivity contribution >= 4 is 39.8 Å². The molecule has 0 aliphatic rings. The van der Waals surface area contributed by atoms with Crippen molar-refractivity contribution in [2.24, 2.45) is 0 Å². The second kappa shape index (κ2) is 13.3. The molecule has 1 atom stereocenters. The van der Waals surface area contributed by atoms with Gasteiger partial charge in [0.15, 0.2) is 23.1 Å². The quantitative estimate of drug-likeness (QED) is 0.166. The number of rotatable bonds is 8. The van der Waals surface area contributed by atoms with Gasteiger partial charge in [0.1, 0.15) is 0 Å². The molecule has 222 valence electrons. The Morgan fingerprint density at radius 1 is 0.478 bits per heavy atom. The van der Waals surface area contributed by atoms with Crippen LogP contribution in [0, 0.1) is 0 Å². The molecule has 0 saturated heterocycles. The smallest absolute Gasteiger partial charge is 0.175 e. The van der Waals surface area contributed by atoms with Crippen LogP contribution >= 0.6 is 23.9 Å². The van der Waals surface area contributed by atoms with Gasteiger partial charge in [0.05, 0.1) is 0 Å². The maximum Gasteiger partial charge on any atom is 0.175 e. The third-order valence-corrected chi connectivity index (χ3v) is 10.9. The lowest BCUT2D eigenvalue weighted by atomic mass is 9.85. The van der Waals surface area contributed by atoms with E-state index in [0.717, 1.165) is 26.5 Å². The molecule has 7 rings (SSSR count). The van der Waals surface area contributed by atoms with E-state index in [0.29, 0.717) is 17.2 Å². The molecule has 1 heterocycles. The summed E-state index contributed by atoms with van der Waals surface area (Å²) in [5.41, 5.74) is 1.33. The number of halogens is 1. The van der Waals surface area contributed by atoms with Gasteiger partial charge in [-0.1, -0.05) is 174 Å². The highest BCUT2D eigenvalue weighted by atomic mass is 79.9. The van der Waals surface area contributed by atoms with Gasteiger partial charge in [-0.25, -0.2) is 15.0 Å². The Labute approximate surface area is 278 Å². The minimum Gasteiger partial charge on any atom is -0.373 e. The van der Waals surface area contributed by atoms with Crippen molar-refractivity contribution in [3.05, 3.63) is 191 Å². The van der Waals surface area contributed by atoms with E-state index in [1.807, 2.05) is 115 Å². The van der Waals surface area contributed by atoms with E-state index in [-0.39, 0.29) is 5.82 Å². The van der Waals surface area contributed by atoms with Crippen LogP contribution in [0.4, 0.5) is 0 Å². The molecule has 1 aromatic heterocycles. The Balaban J connectivity index is 1.54. The summed E-state index contributed by atoms with van der Waals surface area (Å²) in [7, 11) is -1.06. The minimum atomic E-state index is -1.72. The predicted octanol–water partition coefficient (Wildman–Crippen LogP) is 8.01. The van der Waals surface area contributed by atoms with Gasteiger partial charge in [-0.3, -0.25) is 0 Å². The standard InChI is InChI=1S/C40H29BrN3OP/c41-32-27-25-31(26-28-32)40(45,39-43-37(29-15-5-1-6-16-29)42-38(44-39)30-17-7-2-8-18-30)35-23-13-14-24-36(35)46(33-19-9-3-10-20-33)34-21-11-4-12-22-34/h1-28,45H. The first-order valence-corrected chi connectivity index (χ1v) is 17.1. The van der Waals surface area contributed by atoms with Crippen molar-refractivity contribution in [2.75, 3.05) is 0 Å². The number of nitrogens with zero attached hydrogens (tertiary/aromatic N) is 3. The summed E-state index contributed by atoms with van der Waals surface area (Å²) >= 11 is 3.59. The zero-order valence-corrected chi connectivity index (χ0v) is 27.3. The molecule has 0 aliphatic carbocycles. The monoisotopic (exact) mass is 677 g/mol. The lowest BCUT2D eigenvalue weighted by molar-refractivity contribution is 0.116. The molecule has 0 fully saturated rings. The highest BCUT2D eigenvalue weighted by molar-refractivity contribution is 9.10. The van der Waals surface area contributed by atoms with Crippen LogP contribution in [0.15, 0.2) is 174 Å². The normalized spacial score (nSPS) is 12.5. The van der Waals surface area contributed by atoms with Crippen molar-refractivity contribution in [1.82, 2.24) is 15.0 Å². The first-order chi connectivity index (χ1) is 22.6. The maximum absolute atomic E-state index is 13.4. The van der Waals surface area contributed by atoms with Crippen LogP contribution in [0.1, 0.15) is 17.0 Å². The minimum absolute atomic E-state index is 0.256. The summed E-state index contributed by atoms with van der Waals surface area (Å²) in [6, 6.07) is 56.6. The van der Waals surface area contributed by atoms with Crippen LogP contribution < -0.4 is 15.9 Å². The fraction of sp³-hybridized carbons (Fsp3) is 0.0250. The fourth-order valence-corrected chi connectivity index (χ4v) is 8.39. The third-order valence-electron chi connectivity index (χ3n) is 7.85. The van der Waals surface area contributed by atoms with Crippen molar-refractivity contribution in [3.8, 4) is 22.8 Å². The van der Waals surface area contributed by atoms with Gasteiger partial charge < -0.3 is 5.11 Å². The van der Waals surface area contributed by atoms with Crippen LogP contribution in [-0.2, 0) is 5.60 Å². The zero-order chi connectivity index (χ0) is 31.3. The van der Waals surface area contributed by atoms with Crippen molar-refractivity contribution < 1.29 is 5.11 Å². The molecule has 6 heteroatoms. The molecule has 1 unspecified atom stereocenters. The van der Waals surface area contributed by atoms with Gasteiger partial charge in [-0.2, -0.15) is 0 Å². The number of benzene rings is 6. The molecule has 7 aromatic rings. The molecule has 0 spiro atoms. The van der Waals surface area contributed by atoms with Crippen molar-refractivity contribution in [3.63, 3.8) is 0 Å². The molecule has 6 aromatic carbocycles. The average molecular weight is 679 g/mol. The molecule has 0 amide bonds. The van der Waals surface area contributed by atoms with E-state index in [9.17, 15) is 5.11 Å². The highest BCUT2D eigenvalue weighted by Crippen LogP contribution is 2.42. The van der Waals surface area contributed by atoms with Gasteiger partial charge in [-0.05, 0) is 41.5 Å². The van der Waals surface area contributed by atoms with Crippen LogP contribution in [-0.4, -0.2) is 20.1 Å². The van der Waals surface area contributed by atoms with Gasteiger partial charge in [-0.15, -0.1) is 0 Å². The van der Waals surface area contributed by atoms with Crippen LogP contribution in [0.5, 0.6) is 0 Å². The van der Waals surface area contributed by atoms with Crippen LogP contribution in [0.2, 0.25) is 0 Å². The Hall–Kier alpha value is -4.80. The summed E-state index contributed by atoms with van der Waals surface area (Å²) in [4.78, 5) is 15.0. The van der Waals surface area contributed by atoms with E-state index in [4.69, 9.17) is 15.0 Å². The molecule has 0 radical (unpaired) electrons. The first kappa shape index (κ1) is 29.9. The third kappa shape index (κ3) is 5.93. The number of aliphatic hydroxyl groups is 1. The summed E-state index contributed by atoms with van der Waals surface area (Å²) in [5.74, 6) is 1.24. The van der Waals surface area contributed by atoms with Gasteiger partial charge in [0.25, 0.3) is 0 Å². The largest absolute Gasteiger partial charge is 0.373 e. The first-order valence-electron chi connectivity index (χ1n) is 15.0. The molecular weight excluding hydrogens is 649 g/mol. The lowest BCUT2D eigenvalue weighted by Crippen LogP contribution is -2.38. The zero-order valence-electron chi connectivity index (χ0n) is 24.8. The Morgan fingerprint density at radius 3 is 1.41 bits per heavy atom. The van der Waals surface area contributed by atoms with E-state index < -0.39 is 13.5 Å². The fourth-order valence-electron chi connectivity index (χ4n) is 5.62. The number of hydrogen-bond donors (Lipinski definition) is 1. The molecule has 46 heavy (non-hydrogen) atoms. The van der Waals surface area contributed by atoms with Crippen molar-refractivity contribution in [1.29, 1.82) is 0 Å². The number of hydrogen-bond acceptors (Lipinski definition) is 4. The Kier molecular flexibility index (Phi) is 8.63. The summed E-state index contributed by atoms with van der Waals surface area (Å²) in [5, 5.41) is 16.8. The molecular formula is C40H29BrN3OP. The molecule has 4 nitrogen and oxygen atoms in total. The topological polar surface area (TPSA) is 58.9 Å². The average Bonchev–Trinajstić information content (AvgIpc) is 3.13. The highest BCUT2D eigenvalue weighted by Gasteiger charge is 2.41. The summed E-state index contributed by atoms with van der Waals surface area (Å²) < 4.78 is 0.910. The van der Waals surface area contributed by atoms with Gasteiger partial charge in [0, 0.05) is 21.2 Å². The van der Waals surface area contributed by atoms with Crippen molar-refractivity contribution in [2.45, 2.75) is 5.60 Å². The van der Waals surface area contributed by atoms with Gasteiger partial charge in [0.2, 0.25) is 0 Å². The van der Waals surface area contributed by atoms with E-state index >= 15 is 0 Å². The Morgan fingerprint density at radius 2 is 0.913 bits per heavy atom. The lowest BCUT2D eigenvalue weighted by Gasteiger charge is -2.33. The second-order valence-electron chi connectivity index (χ2n) is 10.8. The van der Waals surface area contributed by atoms with Gasteiger partial charge >= 0.3 is 0 Å². The molecule has 0 saturated carbocycles. The predicted molar refractivity (Wildman–Crippen MR) is 192 cm³/mol. The maximum atomic E-state index is 13.4. The summed E-state index contributed by atoms with van der Waals surface area (Å²) in [6.07, 6.45) is 0. The van der Waals surface area contributed by atoms with Crippen LogP contribution in [0.25, 0.3) is 22.8 Å².